The summed E-state index contributed by atoms with van der Waals surface area (Å²) in [7, 11) is -3.25. The summed E-state index contributed by atoms with van der Waals surface area (Å²) in [6.07, 6.45) is 1.87. The molecule has 21 heavy (non-hydrogen) atoms. The second-order valence-corrected chi connectivity index (χ2v) is 7.48. The lowest BCUT2D eigenvalue weighted by Gasteiger charge is -2.28. The maximum Gasteiger partial charge on any atom is 0.334 e. The lowest BCUT2D eigenvalue weighted by molar-refractivity contribution is -0.132. The van der Waals surface area contributed by atoms with Crippen LogP contribution in [0.4, 0.5) is 5.69 Å². The molecular weight excluding hydrogens is 290 g/mol. The molecule has 2 aliphatic rings. The Morgan fingerprint density at radius 3 is 2.76 bits per heavy atom. The van der Waals surface area contributed by atoms with Crippen molar-refractivity contribution in [1.82, 2.24) is 0 Å². The van der Waals surface area contributed by atoms with Gasteiger partial charge in [-0.3, -0.25) is 0 Å². The fraction of sp³-hybridized carbons (Fsp3) is 0.267. The van der Waals surface area contributed by atoms with Gasteiger partial charge in [0.05, 0.1) is 16.2 Å². The number of hydrogen-bond acceptors (Lipinski definition) is 4. The zero-order valence-corrected chi connectivity index (χ0v) is 12.3. The first-order chi connectivity index (χ1) is 9.83. The third kappa shape index (κ3) is 1.98. The maximum absolute atomic E-state index is 12.1. The van der Waals surface area contributed by atoms with Crippen molar-refractivity contribution < 1.29 is 18.3 Å². The number of rotatable bonds is 2. The number of carboxylic acids is 1. The summed E-state index contributed by atoms with van der Waals surface area (Å²) >= 11 is 0. The van der Waals surface area contributed by atoms with Gasteiger partial charge in [-0.05, 0) is 36.6 Å². The van der Waals surface area contributed by atoms with Crippen LogP contribution >= 0.6 is 0 Å². The molecule has 0 fully saturated rings. The van der Waals surface area contributed by atoms with Gasteiger partial charge in [0, 0.05) is 17.8 Å². The topological polar surface area (TPSA) is 83.5 Å². The van der Waals surface area contributed by atoms with Crippen molar-refractivity contribution in [2.75, 3.05) is 11.1 Å². The van der Waals surface area contributed by atoms with E-state index in [0.29, 0.717) is 16.9 Å². The van der Waals surface area contributed by atoms with E-state index < -0.39 is 21.7 Å². The summed E-state index contributed by atoms with van der Waals surface area (Å²) in [5.74, 6) is -1.44. The van der Waals surface area contributed by atoms with E-state index in [2.05, 4.69) is 11.9 Å². The Labute approximate surface area is 122 Å². The van der Waals surface area contributed by atoms with Gasteiger partial charge >= 0.3 is 5.97 Å². The van der Waals surface area contributed by atoms with Crippen molar-refractivity contribution in [2.24, 2.45) is 0 Å². The van der Waals surface area contributed by atoms with Crippen LogP contribution in [0.25, 0.3) is 0 Å². The van der Waals surface area contributed by atoms with Crippen molar-refractivity contribution in [3.05, 3.63) is 47.2 Å². The molecule has 5 nitrogen and oxygen atoms in total. The molecule has 1 aromatic carbocycles. The van der Waals surface area contributed by atoms with Crippen LogP contribution in [-0.4, -0.2) is 25.2 Å². The first-order valence-corrected chi connectivity index (χ1v) is 8.22. The van der Waals surface area contributed by atoms with E-state index in [1.807, 2.05) is 0 Å². The fourth-order valence-corrected chi connectivity index (χ4v) is 4.64. The zero-order valence-electron chi connectivity index (χ0n) is 11.5. The highest BCUT2D eigenvalue weighted by atomic mass is 32.2. The number of carboxylic acid groups (broad SMARTS) is 1. The highest BCUT2D eigenvalue weighted by molar-refractivity contribution is 7.91. The van der Waals surface area contributed by atoms with Crippen LogP contribution in [-0.2, 0) is 21.1 Å². The minimum Gasteiger partial charge on any atom is -0.478 e. The van der Waals surface area contributed by atoms with Gasteiger partial charge in [0.15, 0.2) is 9.84 Å². The summed E-state index contributed by atoms with van der Waals surface area (Å²) in [6, 6.07) is 3.29. The van der Waals surface area contributed by atoms with E-state index in [0.717, 1.165) is 16.8 Å². The highest BCUT2D eigenvalue weighted by Crippen LogP contribution is 2.44. The molecule has 2 heterocycles. The van der Waals surface area contributed by atoms with Gasteiger partial charge < -0.3 is 10.4 Å². The Bertz CT molecular complexity index is 805. The summed E-state index contributed by atoms with van der Waals surface area (Å²) in [5.41, 5.74) is 3.08. The van der Waals surface area contributed by atoms with Crippen LogP contribution in [0.3, 0.4) is 0 Å². The van der Waals surface area contributed by atoms with E-state index in [1.165, 1.54) is 6.20 Å². The number of allylic oxidation sites excluding steroid dienone is 1. The SMILES string of the molecule is C=C(C)C1C(C(=O)O)=CNc2ccc3c(c21)CCS3(=O)=O. The molecule has 1 atom stereocenters. The summed E-state index contributed by atoms with van der Waals surface area (Å²) in [5, 5.41) is 12.3. The Morgan fingerprint density at radius 1 is 1.43 bits per heavy atom. The molecule has 0 bridgehead atoms. The Balaban J connectivity index is 2.29. The van der Waals surface area contributed by atoms with E-state index in [9.17, 15) is 18.3 Å². The van der Waals surface area contributed by atoms with Crippen molar-refractivity contribution in [1.29, 1.82) is 0 Å². The number of carbonyl (C=O) groups is 1. The van der Waals surface area contributed by atoms with Crippen LogP contribution in [0.2, 0.25) is 0 Å². The van der Waals surface area contributed by atoms with E-state index in [4.69, 9.17) is 0 Å². The molecule has 2 aliphatic heterocycles. The molecule has 0 saturated heterocycles. The molecule has 0 radical (unpaired) electrons. The molecule has 110 valence electrons. The summed E-state index contributed by atoms with van der Waals surface area (Å²) in [4.78, 5) is 11.8. The normalized spacial score (nSPS) is 21.8. The Hall–Kier alpha value is -2.08. The first kappa shape index (κ1) is 13.9. The molecule has 3 rings (SSSR count). The average Bonchev–Trinajstić information content (AvgIpc) is 2.73. The van der Waals surface area contributed by atoms with Gasteiger partial charge in [-0.15, -0.1) is 0 Å². The second-order valence-electron chi connectivity index (χ2n) is 5.40. The fourth-order valence-electron chi connectivity index (χ4n) is 3.09. The minimum atomic E-state index is -3.25. The number of benzene rings is 1. The molecule has 0 amide bonds. The van der Waals surface area contributed by atoms with E-state index >= 15 is 0 Å². The number of anilines is 1. The zero-order chi connectivity index (χ0) is 15.4. The molecule has 6 heteroatoms. The van der Waals surface area contributed by atoms with E-state index in [1.54, 1.807) is 19.1 Å². The van der Waals surface area contributed by atoms with Crippen LogP contribution in [0.15, 0.2) is 41.0 Å². The lowest BCUT2D eigenvalue weighted by Crippen LogP contribution is -2.20. The van der Waals surface area contributed by atoms with E-state index in [-0.39, 0.29) is 11.3 Å². The molecule has 0 aromatic heterocycles. The van der Waals surface area contributed by atoms with Crippen molar-refractivity contribution >= 4 is 21.5 Å². The predicted molar refractivity (Wildman–Crippen MR) is 79.1 cm³/mol. The van der Waals surface area contributed by atoms with Gasteiger partial charge in [-0.1, -0.05) is 12.2 Å². The summed E-state index contributed by atoms with van der Waals surface area (Å²) < 4.78 is 24.1. The highest BCUT2D eigenvalue weighted by Gasteiger charge is 2.36. The molecule has 1 unspecified atom stereocenters. The van der Waals surface area contributed by atoms with Crippen molar-refractivity contribution in [2.45, 2.75) is 24.2 Å². The molecule has 0 aliphatic carbocycles. The third-order valence-electron chi connectivity index (χ3n) is 3.99. The Morgan fingerprint density at radius 2 is 2.14 bits per heavy atom. The molecule has 1 aromatic rings. The molecule has 0 saturated carbocycles. The van der Waals surface area contributed by atoms with Gasteiger partial charge in [0.1, 0.15) is 0 Å². The van der Waals surface area contributed by atoms with Gasteiger partial charge in [-0.2, -0.15) is 0 Å². The Kier molecular flexibility index (Phi) is 2.95. The maximum atomic E-state index is 12.1. The van der Waals surface area contributed by atoms with Gasteiger partial charge in [-0.25, -0.2) is 13.2 Å². The standard InChI is InChI=1S/C15H15NO4S/c1-8(2)13-10(15(17)18)7-16-11-3-4-12-9(14(11)13)5-6-21(12,19)20/h3-4,7,13,16H,1,5-6H2,2H3,(H,17,18). The van der Waals surface area contributed by atoms with Crippen LogP contribution in [0.5, 0.6) is 0 Å². The molecule has 2 N–H and O–H groups in total. The lowest BCUT2D eigenvalue weighted by atomic mass is 9.80. The quantitative estimate of drug-likeness (QED) is 0.817. The monoisotopic (exact) mass is 305 g/mol. The number of sulfone groups is 1. The average molecular weight is 305 g/mol. The van der Waals surface area contributed by atoms with Crippen molar-refractivity contribution in [3.8, 4) is 0 Å². The van der Waals surface area contributed by atoms with Crippen molar-refractivity contribution in [3.63, 3.8) is 0 Å². The largest absolute Gasteiger partial charge is 0.478 e. The number of hydrogen-bond donors (Lipinski definition) is 2. The number of fused-ring (bicyclic) bond motifs is 3. The second kappa shape index (κ2) is 4.46. The van der Waals surface area contributed by atoms with Gasteiger partial charge in [0.2, 0.25) is 0 Å². The predicted octanol–water partition coefficient (Wildman–Crippen LogP) is 2.07. The molecule has 0 spiro atoms. The molecular formula is C15H15NO4S. The number of nitrogens with one attached hydrogen (secondary N) is 1. The van der Waals surface area contributed by atoms with Gasteiger partial charge in [0.25, 0.3) is 0 Å². The van der Waals surface area contributed by atoms with Crippen LogP contribution in [0, 0.1) is 0 Å². The van der Waals surface area contributed by atoms with Crippen LogP contribution < -0.4 is 5.32 Å². The summed E-state index contributed by atoms with van der Waals surface area (Å²) in [6.45, 7) is 5.65. The first-order valence-electron chi connectivity index (χ1n) is 6.57. The van der Waals surface area contributed by atoms with Crippen LogP contribution in [0.1, 0.15) is 24.0 Å². The number of aliphatic carboxylic acids is 1. The smallest absolute Gasteiger partial charge is 0.334 e. The minimum absolute atomic E-state index is 0.0772. The third-order valence-corrected chi connectivity index (χ3v) is 5.79.